The molecule has 5 nitrogen and oxygen atoms in total. The van der Waals surface area contributed by atoms with E-state index in [2.05, 4.69) is 48.4 Å². The van der Waals surface area contributed by atoms with E-state index in [1.54, 1.807) is 0 Å². The zero-order valence-electron chi connectivity index (χ0n) is 16.0. The molecule has 2 N–H and O–H groups in total. The van der Waals surface area contributed by atoms with Crippen molar-refractivity contribution in [1.29, 1.82) is 0 Å². The summed E-state index contributed by atoms with van der Waals surface area (Å²) in [7, 11) is 0. The Morgan fingerprint density at radius 1 is 1.32 bits per heavy atom. The highest BCUT2D eigenvalue weighted by molar-refractivity contribution is 7.11. The third-order valence-corrected chi connectivity index (χ3v) is 5.31. The van der Waals surface area contributed by atoms with Crippen molar-refractivity contribution in [1.82, 2.24) is 15.5 Å². The summed E-state index contributed by atoms with van der Waals surface area (Å²) in [6, 6.07) is 4.80. The van der Waals surface area contributed by atoms with Crippen molar-refractivity contribution < 1.29 is 4.74 Å². The molecule has 0 amide bonds. The zero-order chi connectivity index (χ0) is 17.9. The topological polar surface area (TPSA) is 48.9 Å². The fourth-order valence-corrected chi connectivity index (χ4v) is 3.98. The van der Waals surface area contributed by atoms with Gasteiger partial charge in [0.25, 0.3) is 0 Å². The van der Waals surface area contributed by atoms with Crippen LogP contribution in [-0.4, -0.2) is 62.8 Å². The molecule has 1 aromatic heterocycles. The van der Waals surface area contributed by atoms with Crippen LogP contribution in [0.4, 0.5) is 0 Å². The second-order valence-electron chi connectivity index (χ2n) is 6.68. The van der Waals surface area contributed by atoms with Crippen LogP contribution in [-0.2, 0) is 11.2 Å². The molecule has 1 saturated heterocycles. The first-order chi connectivity index (χ1) is 12.2. The van der Waals surface area contributed by atoms with Gasteiger partial charge in [0, 0.05) is 48.4 Å². The van der Waals surface area contributed by atoms with E-state index in [0.717, 1.165) is 64.7 Å². The number of ether oxygens (including phenoxy) is 1. The van der Waals surface area contributed by atoms with E-state index in [4.69, 9.17) is 9.73 Å². The van der Waals surface area contributed by atoms with Crippen molar-refractivity contribution in [3.63, 3.8) is 0 Å². The Bertz CT molecular complexity index is 511. The molecule has 2 heterocycles. The number of rotatable bonds is 9. The molecule has 1 atom stereocenters. The van der Waals surface area contributed by atoms with Crippen molar-refractivity contribution in [2.24, 2.45) is 4.99 Å². The molecule has 1 unspecified atom stereocenters. The van der Waals surface area contributed by atoms with E-state index in [-0.39, 0.29) is 0 Å². The Kier molecular flexibility index (Phi) is 9.29. The van der Waals surface area contributed by atoms with E-state index in [9.17, 15) is 0 Å². The molecule has 0 aliphatic carbocycles. The predicted octanol–water partition coefficient (Wildman–Crippen LogP) is 2.66. The quantitative estimate of drug-likeness (QED) is 0.401. The summed E-state index contributed by atoms with van der Waals surface area (Å²) in [5.74, 6) is 0.939. The highest BCUT2D eigenvalue weighted by Crippen LogP contribution is 2.16. The number of aliphatic imine (C=N–C) groups is 1. The van der Waals surface area contributed by atoms with Crippen molar-refractivity contribution in [3.05, 3.63) is 21.9 Å². The van der Waals surface area contributed by atoms with Gasteiger partial charge >= 0.3 is 0 Å². The maximum absolute atomic E-state index is 5.39. The third-order valence-electron chi connectivity index (χ3n) is 4.29. The number of hydrogen-bond acceptors (Lipinski definition) is 4. The molecule has 1 aliphatic rings. The number of hydrogen-bond donors (Lipinski definition) is 2. The Morgan fingerprint density at radius 2 is 2.12 bits per heavy atom. The van der Waals surface area contributed by atoms with Crippen LogP contribution in [0.5, 0.6) is 0 Å². The largest absolute Gasteiger partial charge is 0.379 e. The number of aryl methyl sites for hydroxylation is 1. The molecule has 0 bridgehead atoms. The first-order valence-corrected chi connectivity index (χ1v) is 10.4. The van der Waals surface area contributed by atoms with Gasteiger partial charge in [0.15, 0.2) is 5.96 Å². The summed E-state index contributed by atoms with van der Waals surface area (Å²) < 4.78 is 5.39. The fraction of sp³-hybridized carbons (Fsp3) is 0.737. The second kappa shape index (κ2) is 11.5. The van der Waals surface area contributed by atoms with Crippen LogP contribution in [0.15, 0.2) is 17.1 Å². The van der Waals surface area contributed by atoms with Crippen LogP contribution in [0.25, 0.3) is 0 Å². The minimum atomic E-state index is 0.379. The van der Waals surface area contributed by atoms with Crippen LogP contribution in [0.3, 0.4) is 0 Å². The SMILES string of the molecule is CCNC(=NCCCCN1CCOCC1)NC(C)Cc1ccc(C)s1. The van der Waals surface area contributed by atoms with Gasteiger partial charge in [-0.3, -0.25) is 9.89 Å². The first kappa shape index (κ1) is 20.2. The Hall–Kier alpha value is -1.11. The molecule has 0 spiro atoms. The fourth-order valence-electron chi connectivity index (χ4n) is 2.96. The summed E-state index contributed by atoms with van der Waals surface area (Å²) in [6.45, 7) is 13.4. The van der Waals surface area contributed by atoms with Crippen LogP contribution >= 0.6 is 11.3 Å². The summed E-state index contributed by atoms with van der Waals surface area (Å²) in [5, 5.41) is 6.89. The van der Waals surface area contributed by atoms with E-state index >= 15 is 0 Å². The van der Waals surface area contributed by atoms with Gasteiger partial charge < -0.3 is 15.4 Å². The number of unbranched alkanes of at least 4 members (excludes halogenated alkanes) is 1. The molecule has 0 aromatic carbocycles. The van der Waals surface area contributed by atoms with Gasteiger partial charge in [-0.05, 0) is 52.3 Å². The van der Waals surface area contributed by atoms with Gasteiger partial charge in [-0.2, -0.15) is 0 Å². The Labute approximate surface area is 156 Å². The van der Waals surface area contributed by atoms with E-state index in [1.165, 1.54) is 16.2 Å². The van der Waals surface area contributed by atoms with Crippen LogP contribution < -0.4 is 10.6 Å². The normalized spacial score (nSPS) is 17.5. The third kappa shape index (κ3) is 8.21. The standard InChI is InChI=1S/C19H34N4OS/c1-4-20-19(22-16(2)15-18-8-7-17(3)25-18)21-9-5-6-10-23-11-13-24-14-12-23/h7-8,16H,4-6,9-15H2,1-3H3,(H2,20,21,22). The molecule has 1 fully saturated rings. The average Bonchev–Trinajstić information content (AvgIpc) is 3.00. The van der Waals surface area contributed by atoms with Gasteiger partial charge in [-0.15, -0.1) is 11.3 Å². The summed E-state index contributed by atoms with van der Waals surface area (Å²) in [4.78, 5) is 10.0. The molecule has 142 valence electrons. The lowest BCUT2D eigenvalue weighted by molar-refractivity contribution is 0.0373. The van der Waals surface area contributed by atoms with Crippen molar-refractivity contribution in [3.8, 4) is 0 Å². The van der Waals surface area contributed by atoms with Crippen molar-refractivity contribution in [2.45, 2.75) is 46.1 Å². The predicted molar refractivity (Wildman–Crippen MR) is 108 cm³/mol. The molecular weight excluding hydrogens is 332 g/mol. The average molecular weight is 367 g/mol. The maximum atomic E-state index is 5.39. The molecule has 1 aromatic rings. The van der Waals surface area contributed by atoms with E-state index in [0.29, 0.717) is 6.04 Å². The van der Waals surface area contributed by atoms with E-state index in [1.807, 2.05) is 11.3 Å². The summed E-state index contributed by atoms with van der Waals surface area (Å²) in [5.41, 5.74) is 0. The molecule has 2 rings (SSSR count). The van der Waals surface area contributed by atoms with Crippen molar-refractivity contribution >= 4 is 17.3 Å². The summed E-state index contributed by atoms with van der Waals surface area (Å²) in [6.07, 6.45) is 3.37. The lowest BCUT2D eigenvalue weighted by Gasteiger charge is -2.26. The Morgan fingerprint density at radius 3 is 2.80 bits per heavy atom. The minimum absolute atomic E-state index is 0.379. The number of thiophene rings is 1. The molecule has 1 aliphatic heterocycles. The van der Waals surface area contributed by atoms with Crippen LogP contribution in [0, 0.1) is 6.92 Å². The van der Waals surface area contributed by atoms with Crippen molar-refractivity contribution in [2.75, 3.05) is 45.9 Å². The number of nitrogens with one attached hydrogen (secondary N) is 2. The second-order valence-corrected chi connectivity index (χ2v) is 8.06. The Balaban J connectivity index is 1.67. The number of guanidine groups is 1. The monoisotopic (exact) mass is 366 g/mol. The maximum Gasteiger partial charge on any atom is 0.191 e. The molecule has 0 radical (unpaired) electrons. The van der Waals surface area contributed by atoms with Gasteiger partial charge in [0.1, 0.15) is 0 Å². The van der Waals surface area contributed by atoms with Gasteiger partial charge in [0.05, 0.1) is 13.2 Å². The number of morpholine rings is 1. The zero-order valence-corrected chi connectivity index (χ0v) is 16.8. The van der Waals surface area contributed by atoms with Gasteiger partial charge in [-0.25, -0.2) is 0 Å². The lowest BCUT2D eigenvalue weighted by atomic mass is 10.2. The smallest absolute Gasteiger partial charge is 0.191 e. The molecule has 6 heteroatoms. The van der Waals surface area contributed by atoms with Gasteiger partial charge in [-0.1, -0.05) is 0 Å². The minimum Gasteiger partial charge on any atom is -0.379 e. The summed E-state index contributed by atoms with van der Waals surface area (Å²) >= 11 is 1.88. The van der Waals surface area contributed by atoms with Gasteiger partial charge in [0.2, 0.25) is 0 Å². The van der Waals surface area contributed by atoms with Crippen LogP contribution in [0.2, 0.25) is 0 Å². The molecule has 0 saturated carbocycles. The van der Waals surface area contributed by atoms with E-state index < -0.39 is 0 Å². The molecule has 25 heavy (non-hydrogen) atoms. The highest BCUT2D eigenvalue weighted by Gasteiger charge is 2.10. The lowest BCUT2D eigenvalue weighted by Crippen LogP contribution is -2.43. The molecular formula is C19H34N4OS. The van der Waals surface area contributed by atoms with Crippen LogP contribution in [0.1, 0.15) is 36.4 Å². The highest BCUT2D eigenvalue weighted by atomic mass is 32.1. The number of nitrogens with zero attached hydrogens (tertiary/aromatic N) is 2. The first-order valence-electron chi connectivity index (χ1n) is 9.57.